The predicted octanol–water partition coefficient (Wildman–Crippen LogP) is 1.68. The summed E-state index contributed by atoms with van der Waals surface area (Å²) in [6, 6.07) is 10.8. The number of carbonyl (C=O) groups is 2. The van der Waals surface area contributed by atoms with Crippen molar-refractivity contribution in [2.45, 2.75) is 6.04 Å². The van der Waals surface area contributed by atoms with Crippen molar-refractivity contribution in [2.24, 2.45) is 0 Å². The van der Waals surface area contributed by atoms with Crippen molar-refractivity contribution >= 4 is 22.6 Å². The van der Waals surface area contributed by atoms with Crippen LogP contribution >= 0.6 is 0 Å². The monoisotopic (exact) mass is 385 g/mol. The van der Waals surface area contributed by atoms with Crippen LogP contribution in [0.4, 0.5) is 0 Å². The van der Waals surface area contributed by atoms with Crippen molar-refractivity contribution < 1.29 is 19.4 Å². The molecular formula is C21H27N3O4. The molecule has 28 heavy (non-hydrogen) atoms. The molecule has 1 amide bonds. The lowest BCUT2D eigenvalue weighted by Gasteiger charge is -2.37. The minimum Gasteiger partial charge on any atom is -0.497 e. The van der Waals surface area contributed by atoms with E-state index in [9.17, 15) is 14.7 Å². The number of rotatable bonds is 6. The van der Waals surface area contributed by atoms with Gasteiger partial charge in [-0.05, 0) is 34.5 Å². The van der Waals surface area contributed by atoms with Gasteiger partial charge in [-0.1, -0.05) is 18.2 Å². The van der Waals surface area contributed by atoms with Crippen LogP contribution in [-0.2, 0) is 9.59 Å². The second kappa shape index (κ2) is 8.58. The van der Waals surface area contributed by atoms with Gasteiger partial charge in [-0.3, -0.25) is 19.4 Å². The first-order valence-corrected chi connectivity index (χ1v) is 9.36. The SMILES string of the molecule is COc1ccc2cc(C(C(=O)O)N3CCN(CC(=O)N(C)C)CC3)ccc2c1. The van der Waals surface area contributed by atoms with Gasteiger partial charge in [0.25, 0.3) is 0 Å². The predicted molar refractivity (Wildman–Crippen MR) is 108 cm³/mol. The van der Waals surface area contributed by atoms with Crippen LogP contribution in [0.2, 0.25) is 0 Å². The Hall–Kier alpha value is -2.64. The van der Waals surface area contributed by atoms with Gasteiger partial charge in [0.1, 0.15) is 11.8 Å². The lowest BCUT2D eigenvalue weighted by Crippen LogP contribution is -2.51. The Morgan fingerprint density at radius 1 is 1.07 bits per heavy atom. The topological polar surface area (TPSA) is 73.3 Å². The van der Waals surface area contributed by atoms with Crippen LogP contribution in [0.25, 0.3) is 10.8 Å². The molecule has 150 valence electrons. The van der Waals surface area contributed by atoms with Crippen molar-refractivity contribution in [3.05, 3.63) is 42.0 Å². The summed E-state index contributed by atoms with van der Waals surface area (Å²) in [6.45, 7) is 2.94. The summed E-state index contributed by atoms with van der Waals surface area (Å²) in [5.41, 5.74) is 0.767. The number of carboxylic acids is 1. The minimum absolute atomic E-state index is 0.0631. The number of hydrogen-bond acceptors (Lipinski definition) is 5. The minimum atomic E-state index is -0.856. The molecule has 1 fully saturated rings. The number of likely N-dealkylation sites (N-methyl/N-ethyl adjacent to an activating group) is 1. The van der Waals surface area contributed by atoms with Gasteiger partial charge in [0, 0.05) is 40.3 Å². The first-order valence-electron chi connectivity index (χ1n) is 9.36. The van der Waals surface area contributed by atoms with Crippen LogP contribution in [0.3, 0.4) is 0 Å². The zero-order valence-electron chi connectivity index (χ0n) is 16.6. The molecular weight excluding hydrogens is 358 g/mol. The maximum atomic E-state index is 12.0. The van der Waals surface area contributed by atoms with Crippen LogP contribution in [0.15, 0.2) is 36.4 Å². The van der Waals surface area contributed by atoms with E-state index >= 15 is 0 Å². The maximum absolute atomic E-state index is 12.0. The Balaban J connectivity index is 1.75. The summed E-state index contributed by atoms with van der Waals surface area (Å²) in [5, 5.41) is 11.9. The fourth-order valence-corrected chi connectivity index (χ4v) is 3.56. The molecule has 0 aromatic heterocycles. The summed E-state index contributed by atoms with van der Waals surface area (Å²) in [6.07, 6.45) is 0. The highest BCUT2D eigenvalue weighted by Gasteiger charge is 2.31. The largest absolute Gasteiger partial charge is 0.497 e. The molecule has 1 heterocycles. The van der Waals surface area contributed by atoms with E-state index in [2.05, 4.69) is 4.90 Å². The van der Waals surface area contributed by atoms with E-state index in [0.717, 1.165) is 22.1 Å². The highest BCUT2D eigenvalue weighted by molar-refractivity contribution is 5.86. The van der Waals surface area contributed by atoms with Gasteiger partial charge in [0.15, 0.2) is 0 Å². The number of amides is 1. The number of hydrogen-bond donors (Lipinski definition) is 1. The third-order valence-corrected chi connectivity index (χ3v) is 5.25. The molecule has 0 saturated carbocycles. The van der Waals surface area contributed by atoms with Crippen LogP contribution in [0, 0.1) is 0 Å². The van der Waals surface area contributed by atoms with Crippen LogP contribution in [-0.4, -0.2) is 85.6 Å². The summed E-state index contributed by atoms with van der Waals surface area (Å²) in [4.78, 5) is 29.6. The Kier molecular flexibility index (Phi) is 6.16. The molecule has 2 aromatic rings. The third-order valence-electron chi connectivity index (χ3n) is 5.25. The number of fused-ring (bicyclic) bond motifs is 1. The van der Waals surface area contributed by atoms with Gasteiger partial charge >= 0.3 is 5.97 Å². The molecule has 1 atom stereocenters. The van der Waals surface area contributed by atoms with Crippen molar-refractivity contribution in [2.75, 3.05) is 53.9 Å². The highest BCUT2D eigenvalue weighted by Crippen LogP contribution is 2.28. The molecule has 0 spiro atoms. The second-order valence-electron chi connectivity index (χ2n) is 7.31. The fourth-order valence-electron chi connectivity index (χ4n) is 3.56. The Labute approximate surface area is 165 Å². The first kappa shape index (κ1) is 20.1. The van der Waals surface area contributed by atoms with E-state index in [1.807, 2.05) is 41.3 Å². The Morgan fingerprint density at radius 2 is 1.71 bits per heavy atom. The second-order valence-corrected chi connectivity index (χ2v) is 7.31. The van der Waals surface area contributed by atoms with Gasteiger partial charge in [0.2, 0.25) is 5.91 Å². The van der Waals surface area contributed by atoms with Crippen molar-refractivity contribution in [1.82, 2.24) is 14.7 Å². The quantitative estimate of drug-likeness (QED) is 0.816. The molecule has 1 aliphatic heterocycles. The number of carbonyl (C=O) groups excluding carboxylic acids is 1. The number of nitrogens with zero attached hydrogens (tertiary/aromatic N) is 3. The standard InChI is InChI=1S/C21H27N3O4/c1-22(2)19(25)14-23-8-10-24(11-9-23)20(21(26)27)17-5-4-16-13-18(28-3)7-6-15(16)12-17/h4-7,12-13,20H,8-11,14H2,1-3H3,(H,26,27). The van der Waals surface area contributed by atoms with E-state index in [0.29, 0.717) is 32.7 Å². The highest BCUT2D eigenvalue weighted by atomic mass is 16.5. The van der Waals surface area contributed by atoms with Gasteiger partial charge < -0.3 is 14.7 Å². The Bertz CT molecular complexity index is 860. The molecule has 2 aromatic carbocycles. The zero-order chi connectivity index (χ0) is 20.3. The summed E-state index contributed by atoms with van der Waals surface area (Å²) in [7, 11) is 5.12. The van der Waals surface area contributed by atoms with Gasteiger partial charge in [-0.2, -0.15) is 0 Å². The molecule has 3 rings (SSSR count). The molecule has 1 saturated heterocycles. The number of piperazine rings is 1. The Morgan fingerprint density at radius 3 is 2.32 bits per heavy atom. The lowest BCUT2D eigenvalue weighted by molar-refractivity contribution is -0.145. The number of aliphatic carboxylic acids is 1. The molecule has 1 N–H and O–H groups in total. The van der Waals surface area contributed by atoms with Gasteiger partial charge in [-0.25, -0.2) is 0 Å². The van der Waals surface area contributed by atoms with Crippen molar-refractivity contribution in [3.63, 3.8) is 0 Å². The van der Waals surface area contributed by atoms with Gasteiger partial charge in [-0.15, -0.1) is 0 Å². The normalized spacial score (nSPS) is 16.7. The maximum Gasteiger partial charge on any atom is 0.325 e. The third kappa shape index (κ3) is 4.43. The molecule has 0 radical (unpaired) electrons. The number of carboxylic acid groups (broad SMARTS) is 1. The summed E-state index contributed by atoms with van der Waals surface area (Å²) >= 11 is 0. The fraction of sp³-hybridized carbons (Fsp3) is 0.429. The molecule has 1 aliphatic rings. The number of benzene rings is 2. The van der Waals surface area contributed by atoms with E-state index in [-0.39, 0.29) is 5.91 Å². The summed E-state index contributed by atoms with van der Waals surface area (Å²) < 4.78 is 5.25. The van der Waals surface area contributed by atoms with Crippen LogP contribution in [0.1, 0.15) is 11.6 Å². The number of methoxy groups -OCH3 is 1. The van der Waals surface area contributed by atoms with E-state index in [1.54, 1.807) is 26.1 Å². The van der Waals surface area contributed by atoms with E-state index in [4.69, 9.17) is 4.74 Å². The van der Waals surface area contributed by atoms with Crippen molar-refractivity contribution in [3.8, 4) is 5.75 Å². The van der Waals surface area contributed by atoms with Crippen molar-refractivity contribution in [1.29, 1.82) is 0 Å². The molecule has 1 unspecified atom stereocenters. The molecule has 0 bridgehead atoms. The molecule has 7 nitrogen and oxygen atoms in total. The van der Waals surface area contributed by atoms with E-state index in [1.165, 1.54) is 0 Å². The zero-order valence-corrected chi connectivity index (χ0v) is 16.6. The first-order chi connectivity index (χ1) is 13.4. The lowest BCUT2D eigenvalue weighted by atomic mass is 10.00. The van der Waals surface area contributed by atoms with Gasteiger partial charge in [0.05, 0.1) is 13.7 Å². The molecule has 7 heteroatoms. The number of ether oxygens (including phenoxy) is 1. The van der Waals surface area contributed by atoms with Crippen LogP contribution in [0.5, 0.6) is 5.75 Å². The molecule has 0 aliphatic carbocycles. The smallest absolute Gasteiger partial charge is 0.325 e. The van der Waals surface area contributed by atoms with Crippen LogP contribution < -0.4 is 4.74 Å². The average Bonchev–Trinajstić information content (AvgIpc) is 2.68. The van der Waals surface area contributed by atoms with E-state index < -0.39 is 12.0 Å². The summed E-state index contributed by atoms with van der Waals surface area (Å²) in [5.74, 6) is -0.0164. The average molecular weight is 385 g/mol.